The highest BCUT2D eigenvalue weighted by atomic mass is 32.1. The van der Waals surface area contributed by atoms with Gasteiger partial charge in [-0.15, -0.1) is 11.3 Å². The van der Waals surface area contributed by atoms with Crippen LogP contribution in [-0.2, 0) is 0 Å². The van der Waals surface area contributed by atoms with Crippen molar-refractivity contribution < 1.29 is 4.42 Å². The Morgan fingerprint density at radius 3 is 2.00 bits per heavy atom. The van der Waals surface area contributed by atoms with E-state index in [9.17, 15) is 0 Å². The van der Waals surface area contributed by atoms with E-state index in [1.54, 1.807) is 0 Å². The lowest BCUT2D eigenvalue weighted by atomic mass is 10.1. The van der Waals surface area contributed by atoms with Gasteiger partial charge >= 0.3 is 0 Å². The van der Waals surface area contributed by atoms with Crippen molar-refractivity contribution in [2.75, 3.05) is 0 Å². The van der Waals surface area contributed by atoms with Crippen LogP contribution in [0.3, 0.4) is 0 Å². The predicted octanol–water partition coefficient (Wildman–Crippen LogP) is 8.26. The summed E-state index contributed by atoms with van der Waals surface area (Å²) in [5, 5.41) is 5.27. The molecule has 0 N–H and O–H groups in total. The Morgan fingerprint density at radius 1 is 0.536 bits per heavy atom. The third kappa shape index (κ3) is 2.78. The first-order valence-electron chi connectivity index (χ1n) is 9.46. The van der Waals surface area contributed by atoms with Crippen molar-refractivity contribution in [3.05, 3.63) is 96.1 Å². The van der Waals surface area contributed by atoms with Gasteiger partial charge in [-0.05, 0) is 49.2 Å². The van der Waals surface area contributed by atoms with E-state index >= 15 is 0 Å². The second-order valence-corrected chi connectivity index (χ2v) is 8.18. The van der Waals surface area contributed by atoms with E-state index in [4.69, 9.17) is 4.42 Å². The molecule has 4 aromatic carbocycles. The molecule has 136 valence electrons. The van der Waals surface area contributed by atoms with Gasteiger partial charge in [0.25, 0.3) is 0 Å². The summed E-state index contributed by atoms with van der Waals surface area (Å²) in [7, 11) is 0. The third-order valence-electron chi connectivity index (χ3n) is 5.22. The highest BCUT2D eigenvalue weighted by Gasteiger charge is 2.07. The van der Waals surface area contributed by atoms with Gasteiger partial charge in [-0.1, -0.05) is 60.7 Å². The summed E-state index contributed by atoms with van der Waals surface area (Å²) >= 11 is 1.88. The Bertz CT molecular complexity index is 1320. The molecule has 0 fully saturated rings. The van der Waals surface area contributed by atoms with Crippen LogP contribution >= 0.6 is 11.3 Å². The molecule has 2 heteroatoms. The number of fused-ring (bicyclic) bond motifs is 6. The van der Waals surface area contributed by atoms with E-state index in [0.717, 1.165) is 11.2 Å². The predicted molar refractivity (Wildman–Crippen MR) is 123 cm³/mol. The Labute approximate surface area is 167 Å². The summed E-state index contributed by atoms with van der Waals surface area (Å²) in [5.74, 6) is 0. The van der Waals surface area contributed by atoms with Crippen molar-refractivity contribution in [3.63, 3.8) is 0 Å². The Kier molecular flexibility index (Phi) is 4.14. The minimum absolute atomic E-state index is 0.969. The zero-order valence-electron chi connectivity index (χ0n) is 15.9. The molecular weight excluding hydrogens is 360 g/mol. The maximum atomic E-state index is 5.73. The number of hydrogen-bond donors (Lipinski definition) is 0. The normalized spacial score (nSPS) is 11.2. The number of thiophene rings is 1. The molecule has 1 nitrogen and oxygen atoms in total. The molecule has 0 amide bonds. The minimum atomic E-state index is 0.969. The zero-order valence-corrected chi connectivity index (χ0v) is 16.7. The fourth-order valence-electron chi connectivity index (χ4n) is 3.90. The molecule has 0 unspecified atom stereocenters. The molecule has 28 heavy (non-hydrogen) atoms. The second kappa shape index (κ2) is 6.81. The lowest BCUT2D eigenvalue weighted by molar-refractivity contribution is 0.669. The minimum Gasteiger partial charge on any atom is -0.456 e. The summed E-state index contributed by atoms with van der Waals surface area (Å²) in [6, 6.07) is 29.5. The monoisotopic (exact) mass is 380 g/mol. The van der Waals surface area contributed by atoms with E-state index in [0.29, 0.717) is 0 Å². The van der Waals surface area contributed by atoms with E-state index in [1.807, 2.05) is 41.7 Å². The fourth-order valence-corrected chi connectivity index (χ4v) is 5.09. The molecule has 6 aromatic rings. The second-order valence-electron chi connectivity index (χ2n) is 7.09. The molecule has 0 saturated heterocycles. The van der Waals surface area contributed by atoms with E-state index in [-0.39, 0.29) is 0 Å². The van der Waals surface area contributed by atoms with Gasteiger partial charge in [0.2, 0.25) is 0 Å². The third-order valence-corrected chi connectivity index (χ3v) is 6.36. The molecule has 0 aliphatic carbocycles. The maximum absolute atomic E-state index is 5.73. The zero-order chi connectivity index (χ0) is 19.1. The van der Waals surface area contributed by atoms with Gasteiger partial charge in [-0.25, -0.2) is 0 Å². The lowest BCUT2D eigenvalue weighted by Crippen LogP contribution is -1.72. The van der Waals surface area contributed by atoms with Crippen LogP contribution in [0.25, 0.3) is 42.1 Å². The van der Waals surface area contributed by atoms with Crippen LogP contribution in [0.2, 0.25) is 0 Å². The molecule has 6 rings (SSSR count). The van der Waals surface area contributed by atoms with Crippen LogP contribution in [0.5, 0.6) is 0 Å². The van der Waals surface area contributed by atoms with Crippen LogP contribution in [0, 0.1) is 13.8 Å². The van der Waals surface area contributed by atoms with Crippen molar-refractivity contribution in [2.45, 2.75) is 13.8 Å². The lowest BCUT2D eigenvalue weighted by Gasteiger charge is -1.95. The van der Waals surface area contributed by atoms with Gasteiger partial charge in [0.05, 0.1) is 0 Å². The number of furan rings is 1. The van der Waals surface area contributed by atoms with Gasteiger partial charge in [0.15, 0.2) is 0 Å². The number of aryl methyl sites for hydroxylation is 2. The Hall–Kier alpha value is -3.10. The Morgan fingerprint density at radius 2 is 1.14 bits per heavy atom. The first kappa shape index (κ1) is 17.0. The first-order chi connectivity index (χ1) is 13.7. The van der Waals surface area contributed by atoms with Crippen molar-refractivity contribution in [3.8, 4) is 0 Å². The first-order valence-corrected chi connectivity index (χ1v) is 10.3. The van der Waals surface area contributed by atoms with Crippen molar-refractivity contribution in [1.29, 1.82) is 0 Å². The largest absolute Gasteiger partial charge is 0.456 e. The maximum Gasteiger partial charge on any atom is 0.135 e. The summed E-state index contributed by atoms with van der Waals surface area (Å²) in [6.45, 7) is 4.30. The molecule has 0 atom stereocenters. The van der Waals surface area contributed by atoms with Crippen LogP contribution in [0.4, 0.5) is 0 Å². The molecule has 0 radical (unpaired) electrons. The topological polar surface area (TPSA) is 13.1 Å². The van der Waals surface area contributed by atoms with Gasteiger partial charge in [-0.2, -0.15) is 0 Å². The van der Waals surface area contributed by atoms with E-state index in [1.165, 1.54) is 42.1 Å². The quantitative estimate of drug-likeness (QED) is 0.258. The highest BCUT2D eigenvalue weighted by molar-refractivity contribution is 7.25. The molecule has 2 heterocycles. The van der Waals surface area contributed by atoms with Crippen molar-refractivity contribution in [2.24, 2.45) is 0 Å². The smallest absolute Gasteiger partial charge is 0.135 e. The van der Waals surface area contributed by atoms with Gasteiger partial charge < -0.3 is 4.42 Å². The van der Waals surface area contributed by atoms with E-state index < -0.39 is 0 Å². The SMILES string of the molecule is Cc1cccc2oc3ccccc3c12.Cc1cccc2sc3ccccc3c12. The van der Waals surface area contributed by atoms with Gasteiger partial charge in [-0.3, -0.25) is 0 Å². The standard InChI is InChI=1S/C13H10O.C13H10S/c2*1-9-5-4-8-12-13(9)10-6-2-3-7-11(10)14-12/h2*2-8H,1H3. The number of hydrogen-bond acceptors (Lipinski definition) is 2. The number of para-hydroxylation sites is 1. The Balaban J connectivity index is 0.000000122. The van der Waals surface area contributed by atoms with Crippen LogP contribution in [0.15, 0.2) is 89.3 Å². The average molecular weight is 381 g/mol. The number of rotatable bonds is 0. The van der Waals surface area contributed by atoms with Crippen molar-refractivity contribution >= 4 is 53.4 Å². The molecule has 0 spiro atoms. The fraction of sp³-hybridized carbons (Fsp3) is 0.0769. The van der Waals surface area contributed by atoms with Gasteiger partial charge in [0, 0.05) is 30.9 Å². The summed E-state index contributed by atoms with van der Waals surface area (Å²) < 4.78 is 8.51. The molecule has 0 aliphatic rings. The van der Waals surface area contributed by atoms with E-state index in [2.05, 4.69) is 68.4 Å². The van der Waals surface area contributed by atoms with Gasteiger partial charge in [0.1, 0.15) is 11.2 Å². The number of benzene rings is 4. The van der Waals surface area contributed by atoms with Crippen molar-refractivity contribution in [1.82, 2.24) is 0 Å². The van der Waals surface area contributed by atoms with Crippen LogP contribution < -0.4 is 0 Å². The molecule has 0 saturated carbocycles. The molecule has 2 aromatic heterocycles. The summed E-state index contributed by atoms with van der Waals surface area (Å²) in [5.41, 5.74) is 4.59. The van der Waals surface area contributed by atoms with Crippen LogP contribution in [-0.4, -0.2) is 0 Å². The molecule has 0 bridgehead atoms. The average Bonchev–Trinajstić information content (AvgIpc) is 3.28. The summed E-state index contributed by atoms with van der Waals surface area (Å²) in [6.07, 6.45) is 0. The molecular formula is C26H20OS. The highest BCUT2D eigenvalue weighted by Crippen LogP contribution is 2.35. The van der Waals surface area contributed by atoms with Crippen LogP contribution in [0.1, 0.15) is 11.1 Å². The summed E-state index contributed by atoms with van der Waals surface area (Å²) in [4.78, 5) is 0. The molecule has 0 aliphatic heterocycles.